The van der Waals surface area contributed by atoms with Crippen molar-refractivity contribution in [1.29, 1.82) is 0 Å². The molecule has 0 aliphatic heterocycles. The Hall–Kier alpha value is -3.43. The minimum Gasteiger partial charge on any atom is -0.469 e. The maximum atomic E-state index is 12.0. The topological polar surface area (TPSA) is 111 Å². The second-order valence-electron chi connectivity index (χ2n) is 16.1. The Morgan fingerprint density at radius 2 is 1.56 bits per heavy atom. The maximum Gasteiger partial charge on any atom is 0.308 e. The van der Waals surface area contributed by atoms with Gasteiger partial charge in [-0.2, -0.15) is 9.61 Å². The van der Waals surface area contributed by atoms with E-state index in [0.717, 1.165) is 51.6 Å². The zero-order chi connectivity index (χ0) is 35.9. The number of esters is 1. The first-order chi connectivity index (χ1) is 23.7. The molecule has 50 heavy (non-hydrogen) atoms. The van der Waals surface area contributed by atoms with Crippen LogP contribution >= 0.6 is 0 Å². The van der Waals surface area contributed by atoms with Crippen LogP contribution in [-0.2, 0) is 19.0 Å². The van der Waals surface area contributed by atoms with Gasteiger partial charge in [0.1, 0.15) is 19.3 Å². The highest BCUT2D eigenvalue weighted by Crippen LogP contribution is 2.41. The lowest BCUT2D eigenvalue weighted by Gasteiger charge is -2.35. The summed E-state index contributed by atoms with van der Waals surface area (Å²) in [6.45, 7) is 16.2. The molecule has 3 aromatic heterocycles. The lowest BCUT2D eigenvalue weighted by Crippen LogP contribution is -2.36. The molecule has 1 N–H and O–H groups in total. The fourth-order valence-electron chi connectivity index (χ4n) is 6.18. The fraction of sp³-hybridized carbons (Fsp3) is 0.526. The summed E-state index contributed by atoms with van der Waals surface area (Å²) in [7, 11) is -1.19. The second-order valence-corrected chi connectivity index (χ2v) is 27.4. The molecule has 0 bridgehead atoms. The van der Waals surface area contributed by atoms with Crippen molar-refractivity contribution in [2.24, 2.45) is 0 Å². The number of aromatic nitrogens is 4. The third kappa shape index (κ3) is 10.3. The number of methoxy groups -OCH3 is 1. The van der Waals surface area contributed by atoms with Gasteiger partial charge in [-0.1, -0.05) is 75.7 Å². The molecule has 4 aromatic rings. The Kier molecular flexibility index (Phi) is 12.3. The van der Waals surface area contributed by atoms with E-state index in [2.05, 4.69) is 68.4 Å². The van der Waals surface area contributed by atoms with E-state index in [1.54, 1.807) is 0 Å². The molecular formula is C38H55N5O5Si2. The zero-order valence-electron chi connectivity index (χ0n) is 30.9. The van der Waals surface area contributed by atoms with Gasteiger partial charge >= 0.3 is 5.97 Å². The molecule has 1 aliphatic rings. The van der Waals surface area contributed by atoms with Crippen LogP contribution in [0, 0.1) is 0 Å². The molecule has 270 valence electrons. The molecule has 0 spiro atoms. The van der Waals surface area contributed by atoms with Crippen LogP contribution in [0.3, 0.4) is 0 Å². The van der Waals surface area contributed by atoms with Gasteiger partial charge in [-0.3, -0.25) is 9.78 Å². The Balaban J connectivity index is 1.50. The summed E-state index contributed by atoms with van der Waals surface area (Å²) in [4.78, 5) is 24.2. The van der Waals surface area contributed by atoms with Crippen molar-refractivity contribution in [2.45, 2.75) is 95.0 Å². The quantitative estimate of drug-likeness (QED) is 0.0536. The highest BCUT2D eigenvalue weighted by molar-refractivity contribution is 6.76. The number of carbonyl (C=O) groups excluding carboxylic acids is 1. The lowest BCUT2D eigenvalue weighted by atomic mass is 9.76. The monoisotopic (exact) mass is 717 g/mol. The van der Waals surface area contributed by atoms with Crippen LogP contribution in [0.5, 0.6) is 0 Å². The van der Waals surface area contributed by atoms with E-state index in [0.29, 0.717) is 52.4 Å². The van der Waals surface area contributed by atoms with E-state index in [4.69, 9.17) is 29.3 Å². The van der Waals surface area contributed by atoms with E-state index < -0.39 is 21.7 Å². The second kappa shape index (κ2) is 16.3. The van der Waals surface area contributed by atoms with Crippen molar-refractivity contribution < 1.29 is 24.1 Å². The first-order valence-corrected chi connectivity index (χ1v) is 25.3. The Morgan fingerprint density at radius 1 is 0.920 bits per heavy atom. The van der Waals surface area contributed by atoms with Crippen LogP contribution in [0.15, 0.2) is 60.9 Å². The molecule has 0 saturated heterocycles. The van der Waals surface area contributed by atoms with Gasteiger partial charge in [0, 0.05) is 69.9 Å². The van der Waals surface area contributed by atoms with E-state index in [9.17, 15) is 9.90 Å². The van der Waals surface area contributed by atoms with Crippen molar-refractivity contribution in [3.63, 3.8) is 0 Å². The zero-order valence-corrected chi connectivity index (χ0v) is 32.9. The number of rotatable bonds is 16. The largest absolute Gasteiger partial charge is 0.469 e. The van der Waals surface area contributed by atoms with Crippen molar-refractivity contribution in [3.8, 4) is 22.4 Å². The average Bonchev–Trinajstić information content (AvgIpc) is 3.51. The van der Waals surface area contributed by atoms with Gasteiger partial charge in [0.05, 0.1) is 31.0 Å². The lowest BCUT2D eigenvalue weighted by molar-refractivity contribution is -0.147. The molecule has 1 fully saturated rings. The summed E-state index contributed by atoms with van der Waals surface area (Å²) in [5.41, 5.74) is 4.37. The summed E-state index contributed by atoms with van der Waals surface area (Å²) in [6, 6.07) is 18.5. The third-order valence-corrected chi connectivity index (χ3v) is 12.9. The van der Waals surface area contributed by atoms with Crippen LogP contribution in [0.4, 0.5) is 5.82 Å². The predicted molar refractivity (Wildman–Crippen MR) is 205 cm³/mol. The number of hydrogen-bond acceptors (Lipinski definition) is 9. The summed E-state index contributed by atoms with van der Waals surface area (Å²) in [5, 5.41) is 16.1. The number of anilines is 1. The first-order valence-electron chi connectivity index (χ1n) is 17.8. The molecular weight excluding hydrogens is 663 g/mol. The molecule has 5 rings (SSSR count). The Bertz CT molecular complexity index is 1670. The smallest absolute Gasteiger partial charge is 0.308 e. The van der Waals surface area contributed by atoms with Crippen molar-refractivity contribution in [3.05, 3.63) is 66.6 Å². The molecule has 0 unspecified atom stereocenters. The Labute approximate surface area is 299 Å². The molecule has 0 atom stereocenters. The number of pyridine rings is 1. The number of carbonyl (C=O) groups is 1. The minimum absolute atomic E-state index is 0.00395. The number of hydrogen-bond donors (Lipinski definition) is 1. The first kappa shape index (κ1) is 37.8. The van der Waals surface area contributed by atoms with Gasteiger partial charge < -0.3 is 24.2 Å². The van der Waals surface area contributed by atoms with E-state index in [1.165, 1.54) is 7.11 Å². The number of nitrogens with zero attached hydrogens (tertiary/aromatic N) is 5. The van der Waals surface area contributed by atoms with Crippen LogP contribution in [-0.4, -0.2) is 86.2 Å². The highest BCUT2D eigenvalue weighted by atomic mass is 28.3. The number of benzene rings is 1. The van der Waals surface area contributed by atoms with Gasteiger partial charge in [0.25, 0.3) is 0 Å². The van der Waals surface area contributed by atoms with Gasteiger partial charge in [-0.15, -0.1) is 0 Å². The summed E-state index contributed by atoms with van der Waals surface area (Å²) >= 11 is 0. The van der Waals surface area contributed by atoms with Crippen molar-refractivity contribution >= 4 is 33.6 Å². The molecule has 10 nitrogen and oxygen atoms in total. The number of aliphatic hydroxyl groups is 1. The van der Waals surface area contributed by atoms with Gasteiger partial charge in [0.15, 0.2) is 5.65 Å². The standard InChI is InChI=1S/C38H55N5O5Si2/c1-46-36(44)24-38(45)17-15-30(16-18-38)34-23-35(42(27-47-19-21-49(2,3)4)28-48-20-22-50(5,6)7)43-37(41-34)32(26-40-43)31-13-14-33(39-25-31)29-11-9-8-10-12-29/h8-14,23,25-26,30,45H,15-22,24,27-28H2,1-7H3/t30-,38+. The van der Waals surface area contributed by atoms with Gasteiger partial charge in [-0.05, 0) is 43.8 Å². The normalized spacial score (nSPS) is 18.4. The summed E-state index contributed by atoms with van der Waals surface area (Å²) in [6.07, 6.45) is 6.14. The highest BCUT2D eigenvalue weighted by Gasteiger charge is 2.37. The predicted octanol–water partition coefficient (Wildman–Crippen LogP) is 7.84. The van der Waals surface area contributed by atoms with E-state index in [-0.39, 0.29) is 18.3 Å². The molecule has 0 radical (unpaired) electrons. The fourth-order valence-corrected chi connectivity index (χ4v) is 7.69. The molecule has 1 aliphatic carbocycles. The van der Waals surface area contributed by atoms with E-state index >= 15 is 0 Å². The molecule has 12 heteroatoms. The van der Waals surface area contributed by atoms with Crippen LogP contribution in [0.25, 0.3) is 28.0 Å². The van der Waals surface area contributed by atoms with Crippen molar-refractivity contribution in [1.82, 2.24) is 19.6 Å². The third-order valence-electron chi connectivity index (χ3n) is 9.46. The van der Waals surface area contributed by atoms with Gasteiger partial charge in [-0.25, -0.2) is 4.98 Å². The number of fused-ring (bicyclic) bond motifs is 1. The Morgan fingerprint density at radius 3 is 2.12 bits per heavy atom. The maximum absolute atomic E-state index is 12.0. The van der Waals surface area contributed by atoms with Crippen LogP contribution in [0.1, 0.15) is 43.7 Å². The summed E-state index contributed by atoms with van der Waals surface area (Å²) in [5.74, 6) is 0.560. The van der Waals surface area contributed by atoms with Crippen LogP contribution < -0.4 is 4.90 Å². The average molecular weight is 718 g/mol. The van der Waals surface area contributed by atoms with Crippen LogP contribution in [0.2, 0.25) is 51.4 Å². The minimum atomic E-state index is -1.27. The number of ether oxygens (including phenoxy) is 3. The molecule has 1 saturated carbocycles. The molecule has 3 heterocycles. The molecule has 0 amide bonds. The van der Waals surface area contributed by atoms with E-state index in [1.807, 2.05) is 41.2 Å². The molecule has 1 aromatic carbocycles. The van der Waals surface area contributed by atoms with Crippen molar-refractivity contribution in [2.75, 3.05) is 38.7 Å². The summed E-state index contributed by atoms with van der Waals surface area (Å²) < 4.78 is 19.4. The van der Waals surface area contributed by atoms with Gasteiger partial charge in [0.2, 0.25) is 0 Å². The SMILES string of the molecule is COC(=O)C[C@]1(O)CC[C@@H](c2cc(N(COCC[Si](C)(C)C)COCC[Si](C)(C)C)n3ncc(-c4ccc(-c5ccccc5)nc4)c3n2)CC1.